The number of carbonyl (C=O) groups excluding carboxylic acids is 2. The Labute approximate surface area is 177 Å². The molecule has 0 atom stereocenters. The van der Waals surface area contributed by atoms with Gasteiger partial charge in [-0.15, -0.1) is 0 Å². The molecule has 0 fully saturated rings. The Hall–Kier alpha value is -3.23. The van der Waals surface area contributed by atoms with E-state index in [0.717, 1.165) is 4.31 Å². The van der Waals surface area contributed by atoms with Crippen LogP contribution in [0.4, 0.5) is 31.9 Å². The maximum absolute atomic E-state index is 13.7. The molecule has 0 heterocycles. The molecule has 29 heavy (non-hydrogen) atoms. The fourth-order valence-electron chi connectivity index (χ4n) is 2.51. The third-order valence-corrected chi connectivity index (χ3v) is 4.48. The smallest absolute Gasteiger partial charge is 0.336 e. The average molecular weight is 431 g/mol. The molecule has 9 heteroatoms. The molecule has 3 aromatic carbocycles. The van der Waals surface area contributed by atoms with Crippen LogP contribution in [0.15, 0.2) is 66.7 Å². The van der Waals surface area contributed by atoms with Crippen LogP contribution in [-0.2, 0) is 0 Å². The maximum Gasteiger partial charge on any atom is 0.336 e. The second kappa shape index (κ2) is 8.85. The molecule has 3 amide bonds. The van der Waals surface area contributed by atoms with Crippen molar-refractivity contribution in [2.24, 2.45) is 0 Å². The second-order valence-electron chi connectivity index (χ2n) is 6.00. The Balaban J connectivity index is 1.66. The van der Waals surface area contributed by atoms with Gasteiger partial charge in [0.05, 0.1) is 11.3 Å². The minimum atomic E-state index is -0.610. The van der Waals surface area contributed by atoms with Gasteiger partial charge < -0.3 is 16.4 Å². The second-order valence-corrected chi connectivity index (χ2v) is 6.83. The van der Waals surface area contributed by atoms with Crippen LogP contribution >= 0.6 is 24.4 Å². The van der Waals surface area contributed by atoms with Crippen molar-refractivity contribution >= 4 is 59.1 Å². The third kappa shape index (κ3) is 5.18. The molecule has 0 bridgehead atoms. The van der Waals surface area contributed by atoms with E-state index in [4.69, 9.17) is 17.3 Å². The topological polar surface area (TPSA) is 87.5 Å². The number of halogens is 2. The monoisotopic (exact) mass is 430 g/mol. The number of nitrogens with two attached hydrogens (primary N) is 1. The number of benzene rings is 3. The zero-order chi connectivity index (χ0) is 21.0. The van der Waals surface area contributed by atoms with Crippen LogP contribution in [0, 0.1) is 5.82 Å². The summed E-state index contributed by atoms with van der Waals surface area (Å²) in [6, 6.07) is 16.1. The molecule has 0 aromatic heterocycles. The van der Waals surface area contributed by atoms with Crippen molar-refractivity contribution in [3.05, 3.63) is 83.1 Å². The van der Waals surface area contributed by atoms with Crippen molar-refractivity contribution < 1.29 is 14.0 Å². The van der Waals surface area contributed by atoms with Crippen LogP contribution in [0.25, 0.3) is 0 Å². The summed E-state index contributed by atoms with van der Waals surface area (Å²) in [5, 5.41) is 5.62. The first-order chi connectivity index (χ1) is 13.8. The van der Waals surface area contributed by atoms with E-state index < -0.39 is 17.8 Å². The van der Waals surface area contributed by atoms with E-state index in [-0.39, 0.29) is 5.56 Å². The fraction of sp³-hybridized carbons (Fsp3) is 0. The summed E-state index contributed by atoms with van der Waals surface area (Å²) >= 11 is 10.1. The lowest BCUT2D eigenvalue weighted by Crippen LogP contribution is -2.26. The Kier molecular flexibility index (Phi) is 6.26. The van der Waals surface area contributed by atoms with Crippen LogP contribution in [0.2, 0.25) is 5.02 Å². The number of carbonyl (C=O) groups is 2. The van der Waals surface area contributed by atoms with Gasteiger partial charge in [0.25, 0.3) is 5.91 Å². The number of urea groups is 1. The van der Waals surface area contributed by atoms with Gasteiger partial charge in [-0.1, -0.05) is 36.5 Å². The van der Waals surface area contributed by atoms with Crippen LogP contribution in [0.1, 0.15) is 10.4 Å². The standard InChI is InChI=1S/C20H16ClFN4O2S/c21-12-9-13(23)11-15(10-12)25-20(28)26(29)16-7-5-14(6-8-16)24-19(27)17-3-1-2-4-18(17)22/h1-11,29H,23H2,(H,24,27)(H,25,28). The van der Waals surface area contributed by atoms with Gasteiger partial charge in [0.1, 0.15) is 5.82 Å². The van der Waals surface area contributed by atoms with Crippen molar-refractivity contribution in [1.29, 1.82) is 0 Å². The van der Waals surface area contributed by atoms with Gasteiger partial charge in [-0.3, -0.25) is 4.79 Å². The highest BCUT2D eigenvalue weighted by molar-refractivity contribution is 7.82. The molecule has 0 radical (unpaired) electrons. The number of hydrogen-bond acceptors (Lipinski definition) is 4. The summed E-state index contributed by atoms with van der Waals surface area (Å²) < 4.78 is 14.8. The Morgan fingerprint density at radius 3 is 2.31 bits per heavy atom. The Bertz CT molecular complexity index is 1040. The van der Waals surface area contributed by atoms with Gasteiger partial charge in [-0.2, -0.15) is 0 Å². The average Bonchev–Trinajstić information content (AvgIpc) is 2.67. The van der Waals surface area contributed by atoms with Gasteiger partial charge in [0.2, 0.25) is 0 Å². The van der Waals surface area contributed by atoms with Crippen LogP contribution in [0.3, 0.4) is 0 Å². The molecule has 0 aliphatic carbocycles. The third-order valence-electron chi connectivity index (χ3n) is 3.85. The van der Waals surface area contributed by atoms with Gasteiger partial charge in [-0.05, 0) is 54.6 Å². The summed E-state index contributed by atoms with van der Waals surface area (Å²) in [6.45, 7) is 0. The largest absolute Gasteiger partial charge is 0.399 e. The summed E-state index contributed by atoms with van der Waals surface area (Å²) in [5.74, 6) is -1.18. The highest BCUT2D eigenvalue weighted by Crippen LogP contribution is 2.24. The molecule has 0 saturated carbocycles. The molecular weight excluding hydrogens is 415 g/mol. The van der Waals surface area contributed by atoms with E-state index in [1.54, 1.807) is 48.5 Å². The summed E-state index contributed by atoms with van der Waals surface area (Å²) in [6.07, 6.45) is 0. The maximum atomic E-state index is 13.7. The predicted molar refractivity (Wildman–Crippen MR) is 117 cm³/mol. The lowest BCUT2D eigenvalue weighted by molar-refractivity contribution is 0.102. The number of hydrogen-bond donors (Lipinski definition) is 4. The Morgan fingerprint density at radius 1 is 0.966 bits per heavy atom. The predicted octanol–water partition coefficient (Wildman–Crippen LogP) is 5.20. The van der Waals surface area contributed by atoms with Crippen molar-refractivity contribution in [2.45, 2.75) is 0 Å². The van der Waals surface area contributed by atoms with Crippen molar-refractivity contribution in [2.75, 3.05) is 20.7 Å². The lowest BCUT2D eigenvalue weighted by Gasteiger charge is -2.17. The Morgan fingerprint density at radius 2 is 1.66 bits per heavy atom. The van der Waals surface area contributed by atoms with Gasteiger partial charge in [0, 0.05) is 22.1 Å². The lowest BCUT2D eigenvalue weighted by atomic mass is 10.2. The molecule has 148 valence electrons. The zero-order valence-corrected chi connectivity index (χ0v) is 16.5. The number of nitrogens with zero attached hydrogens (tertiary/aromatic N) is 1. The molecule has 4 N–H and O–H groups in total. The summed E-state index contributed by atoms with van der Waals surface area (Å²) in [7, 11) is 0. The van der Waals surface area contributed by atoms with E-state index in [1.165, 1.54) is 18.2 Å². The minimum Gasteiger partial charge on any atom is -0.399 e. The van der Waals surface area contributed by atoms with Gasteiger partial charge in [0.15, 0.2) is 0 Å². The van der Waals surface area contributed by atoms with E-state index in [0.29, 0.717) is 27.8 Å². The molecule has 0 aliphatic heterocycles. The minimum absolute atomic E-state index is 0.0624. The van der Waals surface area contributed by atoms with E-state index >= 15 is 0 Å². The highest BCUT2D eigenvalue weighted by Gasteiger charge is 2.14. The number of nitrogen functional groups attached to an aromatic ring is 1. The van der Waals surface area contributed by atoms with E-state index in [9.17, 15) is 14.0 Å². The first kappa shape index (κ1) is 20.5. The molecule has 0 spiro atoms. The number of thiol groups is 1. The normalized spacial score (nSPS) is 10.3. The SMILES string of the molecule is Nc1cc(Cl)cc(NC(=O)N(S)c2ccc(NC(=O)c3ccccc3F)cc2)c1. The zero-order valence-electron chi connectivity index (χ0n) is 14.9. The number of rotatable bonds is 4. The van der Waals surface area contributed by atoms with Crippen LogP contribution in [-0.4, -0.2) is 11.9 Å². The van der Waals surface area contributed by atoms with Crippen molar-refractivity contribution in [3.63, 3.8) is 0 Å². The highest BCUT2D eigenvalue weighted by atomic mass is 35.5. The quantitative estimate of drug-likeness (QED) is 0.339. The number of nitrogens with one attached hydrogen (secondary N) is 2. The molecule has 0 aliphatic rings. The molecule has 3 rings (SSSR count). The molecule has 0 saturated heterocycles. The molecular formula is C20H16ClFN4O2S. The first-order valence-electron chi connectivity index (χ1n) is 8.35. The molecule has 6 nitrogen and oxygen atoms in total. The van der Waals surface area contributed by atoms with Gasteiger partial charge in [-0.25, -0.2) is 13.5 Å². The van der Waals surface area contributed by atoms with Crippen molar-refractivity contribution in [1.82, 2.24) is 0 Å². The van der Waals surface area contributed by atoms with Crippen molar-refractivity contribution in [3.8, 4) is 0 Å². The van der Waals surface area contributed by atoms with Crippen LogP contribution in [0.5, 0.6) is 0 Å². The van der Waals surface area contributed by atoms with Crippen LogP contribution < -0.4 is 20.7 Å². The van der Waals surface area contributed by atoms with Gasteiger partial charge >= 0.3 is 6.03 Å². The van der Waals surface area contributed by atoms with E-state index in [2.05, 4.69) is 23.4 Å². The summed E-state index contributed by atoms with van der Waals surface area (Å²) in [4.78, 5) is 24.5. The van der Waals surface area contributed by atoms with E-state index in [1.807, 2.05) is 0 Å². The summed E-state index contributed by atoms with van der Waals surface area (Å²) in [5.41, 5.74) is 7.36. The molecule has 0 unspecified atom stereocenters. The fourth-order valence-corrected chi connectivity index (χ4v) is 2.93. The number of anilines is 4. The molecule has 3 aromatic rings. The first-order valence-corrected chi connectivity index (χ1v) is 9.13. The number of amides is 3.